The third kappa shape index (κ3) is 3.74. The summed E-state index contributed by atoms with van der Waals surface area (Å²) in [7, 11) is 0. The van der Waals surface area contributed by atoms with Gasteiger partial charge in [0.2, 0.25) is 0 Å². The van der Waals surface area contributed by atoms with Gasteiger partial charge in [-0.2, -0.15) is 11.8 Å². The van der Waals surface area contributed by atoms with E-state index in [4.69, 9.17) is 10.5 Å². The van der Waals surface area contributed by atoms with E-state index in [0.29, 0.717) is 0 Å². The van der Waals surface area contributed by atoms with Crippen molar-refractivity contribution < 1.29 is 4.74 Å². The fraction of sp³-hybridized carbons (Fsp3) is 0.600. The van der Waals surface area contributed by atoms with E-state index in [9.17, 15) is 0 Å². The maximum atomic E-state index is 6.31. The van der Waals surface area contributed by atoms with E-state index in [1.807, 2.05) is 11.8 Å². The topological polar surface area (TPSA) is 35.2 Å². The summed E-state index contributed by atoms with van der Waals surface area (Å²) in [6, 6.07) is 6.70. The molecule has 1 unspecified atom stereocenters. The second kappa shape index (κ2) is 6.60. The van der Waals surface area contributed by atoms with Gasteiger partial charge < -0.3 is 10.5 Å². The van der Waals surface area contributed by atoms with Crippen LogP contribution in [0, 0.1) is 13.8 Å². The van der Waals surface area contributed by atoms with Gasteiger partial charge in [-0.1, -0.05) is 23.8 Å². The van der Waals surface area contributed by atoms with Crippen molar-refractivity contribution in [3.8, 4) is 0 Å². The zero-order valence-corrected chi connectivity index (χ0v) is 12.1. The fourth-order valence-electron chi connectivity index (χ4n) is 2.41. The largest absolute Gasteiger partial charge is 0.381 e. The molecule has 0 amide bonds. The molecule has 1 heterocycles. The molecule has 1 aromatic carbocycles. The first-order chi connectivity index (χ1) is 8.66. The first kappa shape index (κ1) is 13.9. The molecule has 2 nitrogen and oxygen atoms in total. The number of thioether (sulfide) groups is 1. The molecule has 2 N–H and O–H groups in total. The van der Waals surface area contributed by atoms with Gasteiger partial charge in [-0.05, 0) is 37.8 Å². The van der Waals surface area contributed by atoms with Crippen LogP contribution in [0.15, 0.2) is 18.2 Å². The minimum atomic E-state index is 0.151. The van der Waals surface area contributed by atoms with Crippen LogP contribution in [0.4, 0.5) is 0 Å². The van der Waals surface area contributed by atoms with Crippen LogP contribution < -0.4 is 5.73 Å². The standard InChI is InChI=1S/C15H23NOS/c1-11-3-4-14(12(2)9-11)15(16)10-18-13-5-7-17-8-6-13/h3-4,9,13,15H,5-8,10,16H2,1-2H3. The molecular formula is C15H23NOS. The average molecular weight is 265 g/mol. The Bertz CT molecular complexity index is 388. The smallest absolute Gasteiger partial charge is 0.0476 e. The van der Waals surface area contributed by atoms with Crippen molar-refractivity contribution in [2.45, 2.75) is 38.0 Å². The van der Waals surface area contributed by atoms with Gasteiger partial charge in [0.1, 0.15) is 0 Å². The van der Waals surface area contributed by atoms with Gasteiger partial charge in [-0.15, -0.1) is 0 Å². The molecule has 1 aliphatic rings. The summed E-state index contributed by atoms with van der Waals surface area (Å²) in [5.74, 6) is 1.01. The number of benzene rings is 1. The van der Waals surface area contributed by atoms with Crippen LogP contribution in [-0.2, 0) is 4.74 Å². The molecule has 1 atom stereocenters. The van der Waals surface area contributed by atoms with Crippen LogP contribution in [0.5, 0.6) is 0 Å². The van der Waals surface area contributed by atoms with Gasteiger partial charge >= 0.3 is 0 Å². The molecule has 1 aliphatic heterocycles. The molecule has 0 bridgehead atoms. The second-order valence-corrected chi connectivity index (χ2v) is 6.44. The number of hydrogen-bond acceptors (Lipinski definition) is 3. The van der Waals surface area contributed by atoms with E-state index in [1.54, 1.807) is 0 Å². The Morgan fingerprint density at radius 3 is 2.72 bits per heavy atom. The first-order valence-corrected chi connectivity index (χ1v) is 7.74. The van der Waals surface area contributed by atoms with Gasteiger partial charge in [0.25, 0.3) is 0 Å². The Labute approximate surface area is 114 Å². The molecule has 0 spiro atoms. The van der Waals surface area contributed by atoms with Crippen LogP contribution in [0.1, 0.15) is 35.6 Å². The predicted molar refractivity (Wildman–Crippen MR) is 79.1 cm³/mol. The Balaban J connectivity index is 1.88. The first-order valence-electron chi connectivity index (χ1n) is 6.69. The normalized spacial score (nSPS) is 18.8. The maximum Gasteiger partial charge on any atom is 0.0476 e. The van der Waals surface area contributed by atoms with Crippen LogP contribution in [0.3, 0.4) is 0 Å². The number of rotatable bonds is 4. The summed E-state index contributed by atoms with van der Waals surface area (Å²) in [4.78, 5) is 0. The van der Waals surface area contributed by atoms with Crippen molar-refractivity contribution in [1.82, 2.24) is 0 Å². The number of ether oxygens (including phenoxy) is 1. The van der Waals surface area contributed by atoms with E-state index in [0.717, 1.165) is 24.2 Å². The SMILES string of the molecule is Cc1ccc(C(N)CSC2CCOCC2)c(C)c1. The van der Waals surface area contributed by atoms with E-state index in [2.05, 4.69) is 32.0 Å². The molecule has 0 aromatic heterocycles. The minimum absolute atomic E-state index is 0.151. The number of aryl methyl sites for hydroxylation is 2. The molecule has 18 heavy (non-hydrogen) atoms. The van der Waals surface area contributed by atoms with Gasteiger partial charge in [-0.25, -0.2) is 0 Å². The quantitative estimate of drug-likeness (QED) is 0.908. The summed E-state index contributed by atoms with van der Waals surface area (Å²) >= 11 is 2.01. The van der Waals surface area contributed by atoms with Crippen molar-refractivity contribution in [3.05, 3.63) is 34.9 Å². The highest BCUT2D eigenvalue weighted by molar-refractivity contribution is 7.99. The second-order valence-electron chi connectivity index (χ2n) is 5.11. The summed E-state index contributed by atoms with van der Waals surface area (Å²) in [6.07, 6.45) is 2.34. The van der Waals surface area contributed by atoms with Gasteiger partial charge in [0.15, 0.2) is 0 Å². The summed E-state index contributed by atoms with van der Waals surface area (Å²) in [6.45, 7) is 6.10. The molecule has 0 radical (unpaired) electrons. The molecule has 1 fully saturated rings. The predicted octanol–water partition coefficient (Wildman–Crippen LogP) is 3.22. The van der Waals surface area contributed by atoms with Crippen LogP contribution in [0.2, 0.25) is 0 Å². The van der Waals surface area contributed by atoms with Crippen molar-refractivity contribution in [1.29, 1.82) is 0 Å². The summed E-state index contributed by atoms with van der Waals surface area (Å²) < 4.78 is 5.38. The summed E-state index contributed by atoms with van der Waals surface area (Å²) in [5.41, 5.74) is 10.2. The minimum Gasteiger partial charge on any atom is -0.381 e. The Morgan fingerprint density at radius 2 is 2.06 bits per heavy atom. The van der Waals surface area contributed by atoms with E-state index in [1.165, 1.54) is 29.5 Å². The molecular weight excluding hydrogens is 242 g/mol. The molecule has 1 saturated heterocycles. The highest BCUT2D eigenvalue weighted by atomic mass is 32.2. The van der Waals surface area contributed by atoms with E-state index >= 15 is 0 Å². The highest BCUT2D eigenvalue weighted by Crippen LogP contribution is 2.27. The molecule has 2 rings (SSSR count). The van der Waals surface area contributed by atoms with Crippen LogP contribution >= 0.6 is 11.8 Å². The molecule has 1 aromatic rings. The van der Waals surface area contributed by atoms with Gasteiger partial charge in [0.05, 0.1) is 0 Å². The monoisotopic (exact) mass is 265 g/mol. The average Bonchev–Trinajstić information content (AvgIpc) is 2.37. The van der Waals surface area contributed by atoms with E-state index in [-0.39, 0.29) is 6.04 Å². The van der Waals surface area contributed by atoms with Crippen molar-refractivity contribution >= 4 is 11.8 Å². The lowest BCUT2D eigenvalue weighted by molar-refractivity contribution is 0.1000. The molecule has 100 valence electrons. The van der Waals surface area contributed by atoms with Crippen LogP contribution in [-0.4, -0.2) is 24.2 Å². The highest BCUT2D eigenvalue weighted by Gasteiger charge is 2.16. The molecule has 0 aliphatic carbocycles. The molecule has 0 saturated carbocycles. The lowest BCUT2D eigenvalue weighted by atomic mass is 10.0. The Kier molecular flexibility index (Phi) is 5.10. The fourth-order valence-corrected chi connectivity index (χ4v) is 3.60. The van der Waals surface area contributed by atoms with Crippen molar-refractivity contribution in [3.63, 3.8) is 0 Å². The Morgan fingerprint density at radius 1 is 1.33 bits per heavy atom. The van der Waals surface area contributed by atoms with E-state index < -0.39 is 0 Å². The maximum absolute atomic E-state index is 6.31. The molecule has 3 heteroatoms. The van der Waals surface area contributed by atoms with Gasteiger partial charge in [-0.3, -0.25) is 0 Å². The zero-order valence-electron chi connectivity index (χ0n) is 11.3. The number of hydrogen-bond donors (Lipinski definition) is 1. The number of nitrogens with two attached hydrogens (primary N) is 1. The third-order valence-electron chi connectivity index (χ3n) is 3.50. The summed E-state index contributed by atoms with van der Waals surface area (Å²) in [5, 5.41) is 0.732. The van der Waals surface area contributed by atoms with Crippen LogP contribution in [0.25, 0.3) is 0 Å². The third-order valence-corrected chi connectivity index (χ3v) is 5.00. The van der Waals surface area contributed by atoms with Gasteiger partial charge in [0, 0.05) is 30.3 Å². The Hall–Kier alpha value is -0.510. The van der Waals surface area contributed by atoms with Crippen molar-refractivity contribution in [2.75, 3.05) is 19.0 Å². The van der Waals surface area contributed by atoms with Crippen molar-refractivity contribution in [2.24, 2.45) is 5.73 Å². The lowest BCUT2D eigenvalue weighted by Crippen LogP contribution is -2.21. The lowest BCUT2D eigenvalue weighted by Gasteiger charge is -2.23. The zero-order chi connectivity index (χ0) is 13.0.